The molecule has 1 saturated heterocycles. The Morgan fingerprint density at radius 3 is 2.96 bits per heavy atom. The number of morpholine rings is 1. The summed E-state index contributed by atoms with van der Waals surface area (Å²) in [5.41, 5.74) is 1.63. The highest BCUT2D eigenvalue weighted by atomic mass is 32.1. The van der Waals surface area contributed by atoms with Gasteiger partial charge in [0.05, 0.1) is 30.0 Å². The van der Waals surface area contributed by atoms with Gasteiger partial charge < -0.3 is 10.1 Å². The molecule has 1 aromatic carbocycles. The fourth-order valence-electron chi connectivity index (χ4n) is 2.93. The second-order valence-electron chi connectivity index (χ2n) is 6.09. The van der Waals surface area contributed by atoms with Gasteiger partial charge in [0.25, 0.3) is 0 Å². The Kier molecular flexibility index (Phi) is 6.49. The third-order valence-electron chi connectivity index (χ3n) is 4.23. The molecule has 26 heavy (non-hydrogen) atoms. The summed E-state index contributed by atoms with van der Waals surface area (Å²) in [7, 11) is 0. The number of hydrogen-bond acceptors (Lipinski definition) is 5. The first-order valence-corrected chi connectivity index (χ1v) is 9.45. The summed E-state index contributed by atoms with van der Waals surface area (Å²) in [6.07, 6.45) is 3.18. The van der Waals surface area contributed by atoms with E-state index >= 15 is 0 Å². The molecule has 1 fully saturated rings. The van der Waals surface area contributed by atoms with Crippen LogP contribution < -0.4 is 5.32 Å². The maximum Gasteiger partial charge on any atom is 0.244 e. The van der Waals surface area contributed by atoms with Crippen molar-refractivity contribution in [3.8, 4) is 0 Å². The van der Waals surface area contributed by atoms with Crippen LogP contribution in [-0.4, -0.2) is 48.6 Å². The highest BCUT2D eigenvalue weighted by Crippen LogP contribution is 2.22. The molecule has 0 unspecified atom stereocenters. The number of hydrogen-bond donors (Lipinski definition) is 1. The van der Waals surface area contributed by atoms with Gasteiger partial charge in [-0.05, 0) is 30.7 Å². The molecule has 2 heterocycles. The van der Waals surface area contributed by atoms with E-state index in [9.17, 15) is 9.18 Å². The van der Waals surface area contributed by atoms with Crippen molar-refractivity contribution in [2.75, 3.05) is 32.8 Å². The normalized spacial score (nSPS) is 16.7. The Hall–Kier alpha value is -2.09. The van der Waals surface area contributed by atoms with E-state index in [0.717, 1.165) is 29.4 Å². The third kappa shape index (κ3) is 5.20. The predicted molar refractivity (Wildman–Crippen MR) is 100 cm³/mol. The summed E-state index contributed by atoms with van der Waals surface area (Å²) in [4.78, 5) is 18.7. The maximum absolute atomic E-state index is 13.7. The monoisotopic (exact) mass is 375 g/mol. The molecule has 1 amide bonds. The lowest BCUT2D eigenvalue weighted by molar-refractivity contribution is -0.116. The lowest BCUT2D eigenvalue weighted by atomic mass is 10.0. The van der Waals surface area contributed by atoms with E-state index in [4.69, 9.17) is 4.74 Å². The number of nitrogens with one attached hydrogen (secondary N) is 1. The molecule has 1 aromatic heterocycles. The highest BCUT2D eigenvalue weighted by molar-refractivity contribution is 7.09. The number of amides is 1. The molecule has 2 aromatic rings. The minimum atomic E-state index is -0.272. The number of aromatic nitrogens is 1. The average Bonchev–Trinajstić information content (AvgIpc) is 3.06. The number of benzene rings is 1. The fraction of sp³-hybridized carbons (Fsp3) is 0.368. The van der Waals surface area contributed by atoms with Gasteiger partial charge in [-0.25, -0.2) is 9.37 Å². The van der Waals surface area contributed by atoms with E-state index in [-0.39, 0.29) is 17.8 Å². The van der Waals surface area contributed by atoms with Crippen molar-refractivity contribution >= 4 is 23.3 Å². The second kappa shape index (κ2) is 9.02. The lowest BCUT2D eigenvalue weighted by Crippen LogP contribution is -2.43. The third-order valence-corrected chi connectivity index (χ3v) is 5.02. The summed E-state index contributed by atoms with van der Waals surface area (Å²) in [5.74, 6) is -0.462. The van der Waals surface area contributed by atoms with Gasteiger partial charge in [0.1, 0.15) is 5.82 Å². The summed E-state index contributed by atoms with van der Waals surface area (Å²) >= 11 is 1.54. The van der Waals surface area contributed by atoms with Crippen LogP contribution in [0.25, 0.3) is 6.08 Å². The molecule has 0 aliphatic carbocycles. The van der Waals surface area contributed by atoms with Crippen molar-refractivity contribution in [3.05, 3.63) is 57.8 Å². The molecule has 0 radical (unpaired) electrons. The maximum atomic E-state index is 13.7. The molecular formula is C19H22FN3O2S. The summed E-state index contributed by atoms with van der Waals surface area (Å²) < 4.78 is 19.1. The van der Waals surface area contributed by atoms with Gasteiger partial charge in [-0.2, -0.15) is 0 Å². The minimum Gasteiger partial charge on any atom is -0.379 e. The standard InChI is InChI=1S/C19H22FN3O2S/c1-14-22-17(13-26-14)5-6-19(24)21-12-18(23-7-9-25-10-8-23)15-3-2-4-16(20)11-15/h2-6,11,13,18H,7-10,12H2,1H3,(H,21,24)/b6-5-/t18-/m0/s1. The molecule has 0 saturated carbocycles. The molecule has 7 heteroatoms. The minimum absolute atomic E-state index is 0.0894. The van der Waals surface area contributed by atoms with Gasteiger partial charge >= 0.3 is 0 Å². The van der Waals surface area contributed by atoms with Crippen LogP contribution in [0.5, 0.6) is 0 Å². The number of halogens is 1. The Morgan fingerprint density at radius 2 is 2.27 bits per heavy atom. The van der Waals surface area contributed by atoms with Gasteiger partial charge in [0, 0.05) is 31.1 Å². The number of carbonyl (C=O) groups excluding carboxylic acids is 1. The first-order chi connectivity index (χ1) is 12.6. The summed E-state index contributed by atoms with van der Waals surface area (Å²) in [6.45, 7) is 5.12. The lowest BCUT2D eigenvalue weighted by Gasteiger charge is -2.34. The van der Waals surface area contributed by atoms with Crippen LogP contribution in [-0.2, 0) is 9.53 Å². The second-order valence-corrected chi connectivity index (χ2v) is 7.15. The SMILES string of the molecule is Cc1nc(/C=C\C(=O)NC[C@@H](c2cccc(F)c2)N2CCOCC2)cs1. The zero-order valence-electron chi connectivity index (χ0n) is 14.7. The zero-order chi connectivity index (χ0) is 18.4. The summed E-state index contributed by atoms with van der Waals surface area (Å²) in [6, 6.07) is 6.46. The quantitative estimate of drug-likeness (QED) is 0.789. The zero-order valence-corrected chi connectivity index (χ0v) is 15.5. The number of thiazole rings is 1. The Balaban J connectivity index is 1.65. The van der Waals surface area contributed by atoms with Crippen LogP contribution in [0.3, 0.4) is 0 Å². The molecular weight excluding hydrogens is 353 g/mol. The smallest absolute Gasteiger partial charge is 0.244 e. The van der Waals surface area contributed by atoms with Gasteiger partial charge in [0.2, 0.25) is 5.91 Å². The largest absolute Gasteiger partial charge is 0.379 e. The molecule has 138 valence electrons. The molecule has 1 atom stereocenters. The van der Waals surface area contributed by atoms with Crippen molar-refractivity contribution in [1.29, 1.82) is 0 Å². The highest BCUT2D eigenvalue weighted by Gasteiger charge is 2.23. The van der Waals surface area contributed by atoms with E-state index < -0.39 is 0 Å². The van der Waals surface area contributed by atoms with E-state index in [2.05, 4.69) is 15.2 Å². The topological polar surface area (TPSA) is 54.5 Å². The van der Waals surface area contributed by atoms with Crippen molar-refractivity contribution < 1.29 is 13.9 Å². The first-order valence-electron chi connectivity index (χ1n) is 8.57. The van der Waals surface area contributed by atoms with E-state index in [1.165, 1.54) is 18.2 Å². The van der Waals surface area contributed by atoms with Crippen LogP contribution in [0, 0.1) is 12.7 Å². The number of aryl methyl sites for hydroxylation is 1. The van der Waals surface area contributed by atoms with Gasteiger partial charge in [-0.1, -0.05) is 12.1 Å². The van der Waals surface area contributed by atoms with Gasteiger partial charge in [0.15, 0.2) is 0 Å². The molecule has 1 aliphatic heterocycles. The molecule has 5 nitrogen and oxygen atoms in total. The van der Waals surface area contributed by atoms with Gasteiger partial charge in [-0.15, -0.1) is 11.3 Å². The van der Waals surface area contributed by atoms with E-state index in [1.54, 1.807) is 23.5 Å². The molecule has 1 aliphatic rings. The van der Waals surface area contributed by atoms with Crippen LogP contribution in [0.4, 0.5) is 4.39 Å². The van der Waals surface area contributed by atoms with E-state index in [1.807, 2.05) is 18.4 Å². The number of rotatable bonds is 6. The van der Waals surface area contributed by atoms with Crippen molar-refractivity contribution in [3.63, 3.8) is 0 Å². The Morgan fingerprint density at radius 1 is 1.46 bits per heavy atom. The van der Waals surface area contributed by atoms with Crippen LogP contribution in [0.15, 0.2) is 35.7 Å². The number of carbonyl (C=O) groups is 1. The van der Waals surface area contributed by atoms with Crippen molar-refractivity contribution in [1.82, 2.24) is 15.2 Å². The molecule has 1 N–H and O–H groups in total. The van der Waals surface area contributed by atoms with E-state index in [0.29, 0.717) is 19.8 Å². The molecule has 0 bridgehead atoms. The molecule has 0 spiro atoms. The van der Waals surface area contributed by atoms with Crippen molar-refractivity contribution in [2.24, 2.45) is 0 Å². The first kappa shape index (κ1) is 18.7. The number of nitrogens with zero attached hydrogens (tertiary/aromatic N) is 2. The summed E-state index contributed by atoms with van der Waals surface area (Å²) in [5, 5.41) is 5.79. The van der Waals surface area contributed by atoms with Gasteiger partial charge in [-0.3, -0.25) is 9.69 Å². The van der Waals surface area contributed by atoms with Crippen LogP contribution in [0.2, 0.25) is 0 Å². The number of ether oxygens (including phenoxy) is 1. The molecule has 3 rings (SSSR count). The predicted octanol–water partition coefficient (Wildman–Crippen LogP) is 2.79. The van der Waals surface area contributed by atoms with Crippen LogP contribution >= 0.6 is 11.3 Å². The fourth-order valence-corrected chi connectivity index (χ4v) is 3.52. The Bertz CT molecular complexity index is 772. The average molecular weight is 375 g/mol. The van der Waals surface area contributed by atoms with Crippen LogP contribution in [0.1, 0.15) is 22.3 Å². The Labute approximate surface area is 156 Å². The van der Waals surface area contributed by atoms with Crippen molar-refractivity contribution in [2.45, 2.75) is 13.0 Å².